The number of halogens is 1. The third-order valence-corrected chi connectivity index (χ3v) is 6.30. The first kappa shape index (κ1) is 24.2. The molecule has 1 unspecified atom stereocenters. The van der Waals surface area contributed by atoms with Gasteiger partial charge in [0.1, 0.15) is 11.4 Å². The summed E-state index contributed by atoms with van der Waals surface area (Å²) in [5, 5.41) is 3.89. The number of aromatic amines is 1. The number of benzene rings is 1. The highest BCUT2D eigenvalue weighted by molar-refractivity contribution is 5.86. The predicted octanol–water partition coefficient (Wildman–Crippen LogP) is 3.91. The molecule has 1 aliphatic heterocycles. The van der Waals surface area contributed by atoms with Gasteiger partial charge in [0.15, 0.2) is 11.6 Å². The number of aryl methyl sites for hydroxylation is 1. The number of likely N-dealkylation sites (tertiary alicyclic amines) is 1. The van der Waals surface area contributed by atoms with Crippen molar-refractivity contribution in [2.45, 2.75) is 52.1 Å². The summed E-state index contributed by atoms with van der Waals surface area (Å²) in [7, 11) is 0. The lowest BCUT2D eigenvalue weighted by Gasteiger charge is -2.33. The molecule has 0 aliphatic carbocycles. The first-order valence-electron chi connectivity index (χ1n) is 12.0. The Labute approximate surface area is 199 Å². The van der Waals surface area contributed by atoms with E-state index < -0.39 is 11.9 Å². The van der Waals surface area contributed by atoms with Gasteiger partial charge in [-0.1, -0.05) is 19.9 Å². The van der Waals surface area contributed by atoms with Gasteiger partial charge in [0.25, 0.3) is 0 Å². The monoisotopic (exact) mass is 467 g/mol. The molecule has 0 spiro atoms. The van der Waals surface area contributed by atoms with Crippen molar-refractivity contribution in [3.05, 3.63) is 53.6 Å². The Morgan fingerprint density at radius 3 is 2.76 bits per heavy atom. The van der Waals surface area contributed by atoms with Crippen molar-refractivity contribution < 1.29 is 13.9 Å². The van der Waals surface area contributed by atoms with Crippen molar-refractivity contribution in [2.75, 3.05) is 19.6 Å². The zero-order valence-electron chi connectivity index (χ0n) is 20.1. The lowest BCUT2D eigenvalue weighted by atomic mass is 10.0. The Hall–Kier alpha value is -2.97. The van der Waals surface area contributed by atoms with Crippen LogP contribution in [0.15, 0.2) is 36.7 Å². The molecule has 0 bridgehead atoms. The molecule has 1 amide bonds. The normalized spacial score (nSPS) is 16.2. The minimum atomic E-state index is -0.734. The molecule has 3 heterocycles. The summed E-state index contributed by atoms with van der Waals surface area (Å²) < 4.78 is 20.7. The van der Waals surface area contributed by atoms with Crippen LogP contribution >= 0.6 is 0 Å². The number of rotatable bonds is 8. The third kappa shape index (κ3) is 5.74. The quantitative estimate of drug-likeness (QED) is 0.467. The van der Waals surface area contributed by atoms with Gasteiger partial charge in [-0.05, 0) is 61.4 Å². The number of nitrogens with one attached hydrogen (secondary N) is 2. The maximum atomic E-state index is 14.8. The zero-order chi connectivity index (χ0) is 24.2. The van der Waals surface area contributed by atoms with Crippen LogP contribution in [0.1, 0.15) is 37.8 Å². The highest BCUT2D eigenvalue weighted by Gasteiger charge is 2.23. The number of carbonyl (C=O) groups excluding carboxylic acids is 1. The Balaban J connectivity index is 1.33. The lowest BCUT2D eigenvalue weighted by molar-refractivity contribution is -0.123. The van der Waals surface area contributed by atoms with Crippen molar-refractivity contribution in [1.82, 2.24) is 20.2 Å². The highest BCUT2D eigenvalue weighted by Crippen LogP contribution is 2.32. The van der Waals surface area contributed by atoms with Gasteiger partial charge in [-0.3, -0.25) is 4.79 Å². The first-order chi connectivity index (χ1) is 16.3. The van der Waals surface area contributed by atoms with E-state index in [0.29, 0.717) is 22.9 Å². The molecule has 0 saturated carbocycles. The van der Waals surface area contributed by atoms with Crippen LogP contribution in [0.3, 0.4) is 0 Å². The topological polar surface area (TPSA) is 96.3 Å². The van der Waals surface area contributed by atoms with E-state index >= 15 is 0 Å². The molecule has 4 N–H and O–H groups in total. The number of ether oxygens (including phenoxy) is 1. The molecule has 0 radical (unpaired) electrons. The summed E-state index contributed by atoms with van der Waals surface area (Å²) in [5.74, 6) is 0.597. The molecule has 2 aromatic heterocycles. The summed E-state index contributed by atoms with van der Waals surface area (Å²) in [6.07, 6.45) is 5.56. The Morgan fingerprint density at radius 2 is 2.06 bits per heavy atom. The zero-order valence-corrected chi connectivity index (χ0v) is 20.1. The molecule has 4 rings (SSSR count). The van der Waals surface area contributed by atoms with Crippen molar-refractivity contribution in [3.63, 3.8) is 0 Å². The van der Waals surface area contributed by atoms with Crippen molar-refractivity contribution >= 4 is 16.9 Å². The highest BCUT2D eigenvalue weighted by atomic mass is 19.1. The van der Waals surface area contributed by atoms with Crippen molar-refractivity contribution in [3.8, 4) is 11.5 Å². The number of piperidine rings is 1. The van der Waals surface area contributed by atoms with Gasteiger partial charge in [-0.15, -0.1) is 0 Å². The number of carbonyl (C=O) groups is 1. The summed E-state index contributed by atoms with van der Waals surface area (Å²) in [5.41, 5.74) is 8.46. The molecule has 34 heavy (non-hydrogen) atoms. The molecular weight excluding hydrogens is 433 g/mol. The number of nitrogens with zero attached hydrogens (tertiary/aromatic N) is 2. The smallest absolute Gasteiger partial charge is 0.237 e. The second-order valence-corrected chi connectivity index (χ2v) is 9.66. The molecule has 182 valence electrons. The van der Waals surface area contributed by atoms with Gasteiger partial charge in [0, 0.05) is 38.1 Å². The van der Waals surface area contributed by atoms with Gasteiger partial charge >= 0.3 is 0 Å². The molecular formula is C26H34FN5O2. The summed E-state index contributed by atoms with van der Waals surface area (Å²) in [6, 6.07) is 5.83. The fourth-order valence-electron chi connectivity index (χ4n) is 4.57. The van der Waals surface area contributed by atoms with Crippen LogP contribution in [0, 0.1) is 18.7 Å². The fraction of sp³-hybridized carbons (Fsp3) is 0.462. The van der Waals surface area contributed by atoms with Crippen LogP contribution in [-0.2, 0) is 11.2 Å². The average Bonchev–Trinajstić information content (AvgIpc) is 3.18. The number of aromatic nitrogens is 2. The SMILES string of the molecule is Cc1c[nH]c2nccc(Oc3ccc(CC(N)C(=O)NC4CCN(CC(C)C)CC4)cc3F)c12. The molecule has 1 fully saturated rings. The van der Waals surface area contributed by atoms with Crippen LogP contribution in [0.2, 0.25) is 0 Å². The molecule has 3 aromatic rings. The number of fused-ring (bicyclic) bond motifs is 1. The largest absolute Gasteiger partial charge is 0.453 e. The van der Waals surface area contributed by atoms with E-state index in [9.17, 15) is 9.18 Å². The number of amides is 1. The second kappa shape index (κ2) is 10.5. The summed E-state index contributed by atoms with van der Waals surface area (Å²) in [6.45, 7) is 9.43. The number of pyridine rings is 1. The molecule has 7 nitrogen and oxygen atoms in total. The van der Waals surface area contributed by atoms with E-state index in [-0.39, 0.29) is 24.1 Å². The van der Waals surface area contributed by atoms with E-state index in [1.807, 2.05) is 13.1 Å². The van der Waals surface area contributed by atoms with E-state index in [2.05, 4.69) is 34.0 Å². The molecule has 1 atom stereocenters. The number of hydrogen-bond acceptors (Lipinski definition) is 5. The third-order valence-electron chi connectivity index (χ3n) is 6.30. The molecule has 1 aromatic carbocycles. The van der Waals surface area contributed by atoms with Crippen molar-refractivity contribution in [2.24, 2.45) is 11.7 Å². The molecule has 1 aliphatic rings. The van der Waals surface area contributed by atoms with Gasteiger partial charge in [0.05, 0.1) is 11.4 Å². The maximum Gasteiger partial charge on any atom is 0.237 e. The summed E-state index contributed by atoms with van der Waals surface area (Å²) in [4.78, 5) is 22.4. The van der Waals surface area contributed by atoms with Gasteiger partial charge < -0.3 is 25.7 Å². The van der Waals surface area contributed by atoms with Crippen LogP contribution in [0.25, 0.3) is 11.0 Å². The number of hydrogen-bond donors (Lipinski definition) is 3. The minimum absolute atomic E-state index is 0.114. The Kier molecular flexibility index (Phi) is 7.48. The first-order valence-corrected chi connectivity index (χ1v) is 12.0. The van der Waals surface area contributed by atoms with E-state index in [1.54, 1.807) is 24.4 Å². The van der Waals surface area contributed by atoms with Gasteiger partial charge in [0.2, 0.25) is 5.91 Å². The van der Waals surface area contributed by atoms with Gasteiger partial charge in [-0.2, -0.15) is 0 Å². The maximum absolute atomic E-state index is 14.8. The summed E-state index contributed by atoms with van der Waals surface area (Å²) >= 11 is 0. The van der Waals surface area contributed by atoms with E-state index in [1.165, 1.54) is 6.07 Å². The number of H-pyrrole nitrogens is 1. The lowest BCUT2D eigenvalue weighted by Crippen LogP contribution is -2.50. The molecule has 8 heteroatoms. The van der Waals surface area contributed by atoms with Crippen molar-refractivity contribution in [1.29, 1.82) is 0 Å². The second-order valence-electron chi connectivity index (χ2n) is 9.66. The standard InChI is InChI=1S/C26H34FN5O2/c1-16(2)15-32-10-7-19(8-11-32)31-26(33)21(28)13-18-4-5-22(20(27)12-18)34-23-6-9-29-25-24(23)17(3)14-30-25/h4-6,9,12,14,16,19,21H,7-8,10-11,13,15,28H2,1-3H3,(H,29,30)(H,31,33). The Morgan fingerprint density at radius 1 is 1.29 bits per heavy atom. The van der Waals surface area contributed by atoms with Crippen LogP contribution in [-0.4, -0.2) is 52.5 Å². The average molecular weight is 468 g/mol. The minimum Gasteiger partial charge on any atom is -0.453 e. The van der Waals surface area contributed by atoms with Gasteiger partial charge in [-0.25, -0.2) is 9.37 Å². The van der Waals surface area contributed by atoms with Crippen LogP contribution < -0.4 is 15.8 Å². The van der Waals surface area contributed by atoms with Crippen LogP contribution in [0.5, 0.6) is 11.5 Å². The Bertz CT molecular complexity index is 1140. The van der Waals surface area contributed by atoms with E-state index in [0.717, 1.165) is 43.4 Å². The fourth-order valence-corrected chi connectivity index (χ4v) is 4.57. The van der Waals surface area contributed by atoms with Crippen LogP contribution in [0.4, 0.5) is 4.39 Å². The molecule has 1 saturated heterocycles. The van der Waals surface area contributed by atoms with E-state index in [4.69, 9.17) is 10.5 Å². The number of nitrogens with two attached hydrogens (primary N) is 1. The predicted molar refractivity (Wildman–Crippen MR) is 131 cm³/mol.